The minimum Gasteiger partial charge on any atom is -0.481 e. The molecule has 0 bridgehead atoms. The van der Waals surface area contributed by atoms with Crippen molar-refractivity contribution < 1.29 is 34.2 Å². The van der Waals surface area contributed by atoms with Crippen LogP contribution in [0.1, 0.15) is 52.4 Å². The van der Waals surface area contributed by atoms with Crippen LogP contribution >= 0.6 is 11.8 Å². The average molecular weight is 489 g/mol. The molecule has 1 aliphatic heterocycles. The zero-order valence-electron chi connectivity index (χ0n) is 19.4. The third kappa shape index (κ3) is 9.58. The van der Waals surface area contributed by atoms with Gasteiger partial charge in [-0.3, -0.25) is 19.2 Å². The van der Waals surface area contributed by atoms with Gasteiger partial charge >= 0.3 is 11.9 Å². The fraction of sp³-hybridized carbons (Fsp3) is 0.762. The van der Waals surface area contributed by atoms with Crippen LogP contribution in [-0.2, 0) is 24.0 Å². The van der Waals surface area contributed by atoms with Gasteiger partial charge in [-0.05, 0) is 50.0 Å². The number of carboxylic acids is 2. The fourth-order valence-electron chi connectivity index (χ4n) is 3.65. The van der Waals surface area contributed by atoms with Crippen molar-refractivity contribution in [3.63, 3.8) is 0 Å². The van der Waals surface area contributed by atoms with Gasteiger partial charge in [-0.1, -0.05) is 13.8 Å². The molecule has 1 saturated heterocycles. The van der Waals surface area contributed by atoms with Crippen molar-refractivity contribution in [3.8, 4) is 0 Å². The first-order chi connectivity index (χ1) is 15.5. The molecule has 0 aromatic carbocycles. The Hall–Kier alpha value is -2.34. The van der Waals surface area contributed by atoms with E-state index in [0.717, 1.165) is 0 Å². The van der Waals surface area contributed by atoms with Gasteiger partial charge in [0.1, 0.15) is 18.1 Å². The van der Waals surface area contributed by atoms with Crippen LogP contribution in [0.15, 0.2) is 0 Å². The van der Waals surface area contributed by atoms with Gasteiger partial charge < -0.3 is 31.5 Å². The van der Waals surface area contributed by atoms with Gasteiger partial charge in [0.15, 0.2) is 0 Å². The second-order valence-corrected chi connectivity index (χ2v) is 9.59. The Balaban J connectivity index is 2.87. The molecule has 188 valence electrons. The molecule has 4 atom stereocenters. The molecule has 4 unspecified atom stereocenters. The van der Waals surface area contributed by atoms with E-state index >= 15 is 0 Å². The monoisotopic (exact) mass is 488 g/mol. The maximum absolute atomic E-state index is 13.0. The van der Waals surface area contributed by atoms with Crippen LogP contribution in [0.5, 0.6) is 0 Å². The highest BCUT2D eigenvalue weighted by Crippen LogP contribution is 2.20. The number of rotatable bonds is 14. The summed E-state index contributed by atoms with van der Waals surface area (Å²) in [7, 11) is 0. The van der Waals surface area contributed by atoms with E-state index in [0.29, 0.717) is 31.6 Å². The van der Waals surface area contributed by atoms with Crippen LogP contribution in [-0.4, -0.2) is 87.5 Å². The van der Waals surface area contributed by atoms with Gasteiger partial charge in [-0.25, -0.2) is 4.79 Å². The number of nitrogens with two attached hydrogens (primary N) is 1. The Morgan fingerprint density at radius 2 is 1.76 bits per heavy atom. The molecule has 1 aliphatic rings. The lowest BCUT2D eigenvalue weighted by atomic mass is 10.0. The molecule has 33 heavy (non-hydrogen) atoms. The normalized spacial score (nSPS) is 18.5. The Bertz CT molecular complexity index is 719. The summed E-state index contributed by atoms with van der Waals surface area (Å²) < 4.78 is 0. The average Bonchev–Trinajstić information content (AvgIpc) is 3.23. The number of hydrogen-bond acceptors (Lipinski definition) is 7. The SMILES string of the molecule is CSCCC(NC(=O)C(CC(C)C)NC(=O)C1CCCN1C(=O)C(N)CCC(=O)O)C(=O)O. The first-order valence-corrected chi connectivity index (χ1v) is 12.5. The maximum Gasteiger partial charge on any atom is 0.326 e. The van der Waals surface area contributed by atoms with E-state index in [1.807, 2.05) is 20.1 Å². The summed E-state index contributed by atoms with van der Waals surface area (Å²) in [6.45, 7) is 4.07. The van der Waals surface area contributed by atoms with E-state index in [9.17, 15) is 29.1 Å². The molecule has 0 saturated carbocycles. The lowest BCUT2D eigenvalue weighted by molar-refractivity contribution is -0.143. The molecule has 0 radical (unpaired) electrons. The Kier molecular flexibility index (Phi) is 12.2. The van der Waals surface area contributed by atoms with Crippen molar-refractivity contribution in [2.75, 3.05) is 18.6 Å². The smallest absolute Gasteiger partial charge is 0.326 e. The highest BCUT2D eigenvalue weighted by molar-refractivity contribution is 7.98. The molecule has 1 fully saturated rings. The van der Waals surface area contributed by atoms with E-state index in [4.69, 9.17) is 10.8 Å². The lowest BCUT2D eigenvalue weighted by Gasteiger charge is -2.29. The molecule has 0 aromatic rings. The van der Waals surface area contributed by atoms with Crippen LogP contribution in [0.3, 0.4) is 0 Å². The van der Waals surface area contributed by atoms with Crippen LogP contribution in [0.2, 0.25) is 0 Å². The molecule has 0 aromatic heterocycles. The van der Waals surface area contributed by atoms with Gasteiger partial charge in [0.05, 0.1) is 6.04 Å². The summed E-state index contributed by atoms with van der Waals surface area (Å²) >= 11 is 1.47. The fourth-order valence-corrected chi connectivity index (χ4v) is 4.13. The number of hydrogen-bond donors (Lipinski definition) is 5. The number of likely N-dealkylation sites (tertiary alicyclic amines) is 1. The van der Waals surface area contributed by atoms with E-state index in [1.54, 1.807) is 0 Å². The Labute approximate surface area is 198 Å². The summed E-state index contributed by atoms with van der Waals surface area (Å²) in [4.78, 5) is 62.1. The second-order valence-electron chi connectivity index (χ2n) is 8.60. The Morgan fingerprint density at radius 1 is 1.09 bits per heavy atom. The van der Waals surface area contributed by atoms with Crippen molar-refractivity contribution in [1.82, 2.24) is 15.5 Å². The van der Waals surface area contributed by atoms with E-state index in [1.165, 1.54) is 16.7 Å². The number of amides is 3. The molecule has 12 heteroatoms. The summed E-state index contributed by atoms with van der Waals surface area (Å²) in [6, 6.07) is -3.86. The minimum atomic E-state index is -1.14. The largest absolute Gasteiger partial charge is 0.481 e. The highest BCUT2D eigenvalue weighted by Gasteiger charge is 2.38. The number of nitrogens with zero attached hydrogens (tertiary/aromatic N) is 1. The topological polar surface area (TPSA) is 179 Å². The minimum absolute atomic E-state index is 0.0377. The molecule has 0 aliphatic carbocycles. The quantitative estimate of drug-likeness (QED) is 0.225. The summed E-state index contributed by atoms with van der Waals surface area (Å²) in [5.41, 5.74) is 5.84. The van der Waals surface area contributed by atoms with E-state index in [-0.39, 0.29) is 25.2 Å². The van der Waals surface area contributed by atoms with E-state index < -0.39 is 53.8 Å². The van der Waals surface area contributed by atoms with Crippen LogP contribution in [0, 0.1) is 5.92 Å². The number of nitrogens with one attached hydrogen (secondary N) is 2. The molecule has 1 rings (SSSR count). The van der Waals surface area contributed by atoms with Crippen molar-refractivity contribution >= 4 is 41.4 Å². The van der Waals surface area contributed by atoms with Gasteiger partial charge in [-0.15, -0.1) is 0 Å². The number of aliphatic carboxylic acids is 2. The number of carbonyl (C=O) groups excluding carboxylic acids is 3. The van der Waals surface area contributed by atoms with Gasteiger partial charge in [0, 0.05) is 13.0 Å². The predicted molar refractivity (Wildman–Crippen MR) is 124 cm³/mol. The van der Waals surface area contributed by atoms with Gasteiger partial charge in [0.25, 0.3) is 0 Å². The van der Waals surface area contributed by atoms with E-state index in [2.05, 4.69) is 10.6 Å². The highest BCUT2D eigenvalue weighted by atomic mass is 32.2. The Morgan fingerprint density at radius 3 is 2.30 bits per heavy atom. The standard InChI is InChI=1S/C21H36N4O7S/c1-12(2)11-15(18(28)23-14(21(31)32)8-10-33-3)24-19(29)16-5-4-9-25(16)20(30)13(22)6-7-17(26)27/h12-16H,4-11,22H2,1-3H3,(H,23,28)(H,24,29)(H,26,27)(H,31,32). The first kappa shape index (κ1) is 28.7. The molecular weight excluding hydrogens is 452 g/mol. The molecule has 6 N–H and O–H groups in total. The zero-order valence-corrected chi connectivity index (χ0v) is 20.2. The molecule has 0 spiro atoms. The third-order valence-corrected chi connectivity index (χ3v) is 6.03. The molecule has 11 nitrogen and oxygen atoms in total. The maximum atomic E-state index is 13.0. The number of carbonyl (C=O) groups is 5. The second kappa shape index (κ2) is 14.0. The molecule has 3 amide bonds. The van der Waals surface area contributed by atoms with Crippen molar-refractivity contribution in [2.24, 2.45) is 11.7 Å². The number of carboxylic acid groups (broad SMARTS) is 2. The number of thioether (sulfide) groups is 1. The van der Waals surface area contributed by atoms with Crippen molar-refractivity contribution in [3.05, 3.63) is 0 Å². The first-order valence-electron chi connectivity index (χ1n) is 11.1. The summed E-state index contributed by atoms with van der Waals surface area (Å²) in [6.07, 6.45) is 3.07. The van der Waals surface area contributed by atoms with Crippen LogP contribution < -0.4 is 16.4 Å². The predicted octanol–water partition coefficient (Wildman–Crippen LogP) is 0.0229. The zero-order chi connectivity index (χ0) is 25.1. The summed E-state index contributed by atoms with van der Waals surface area (Å²) in [5.74, 6) is -3.20. The van der Waals surface area contributed by atoms with Gasteiger partial charge in [0.2, 0.25) is 17.7 Å². The summed E-state index contributed by atoms with van der Waals surface area (Å²) in [5, 5.41) is 23.4. The lowest BCUT2D eigenvalue weighted by Crippen LogP contribution is -2.57. The van der Waals surface area contributed by atoms with Crippen molar-refractivity contribution in [1.29, 1.82) is 0 Å². The van der Waals surface area contributed by atoms with Crippen LogP contribution in [0.25, 0.3) is 0 Å². The van der Waals surface area contributed by atoms with Crippen LogP contribution in [0.4, 0.5) is 0 Å². The molecular formula is C21H36N4O7S. The third-order valence-electron chi connectivity index (χ3n) is 5.39. The van der Waals surface area contributed by atoms with Gasteiger partial charge in [-0.2, -0.15) is 11.8 Å². The van der Waals surface area contributed by atoms with Crippen molar-refractivity contribution in [2.45, 2.75) is 76.5 Å². The molecule has 1 heterocycles.